The van der Waals surface area contributed by atoms with Crippen LogP contribution in [0.25, 0.3) is 11.5 Å². The molecule has 0 aliphatic carbocycles. The van der Waals surface area contributed by atoms with Crippen molar-refractivity contribution in [2.24, 2.45) is 11.8 Å². The zero-order valence-corrected chi connectivity index (χ0v) is 16.7. The summed E-state index contributed by atoms with van der Waals surface area (Å²) in [5.74, 6) is 0.972. The minimum atomic E-state index is -1.01. The minimum Gasteiger partial charge on any atom is -0.441 e. The van der Waals surface area contributed by atoms with Crippen molar-refractivity contribution in [3.63, 3.8) is 0 Å². The van der Waals surface area contributed by atoms with E-state index in [1.807, 2.05) is 37.3 Å². The molecule has 1 aromatic carbocycles. The van der Waals surface area contributed by atoms with Crippen molar-refractivity contribution in [2.45, 2.75) is 63.3 Å². The third-order valence-corrected chi connectivity index (χ3v) is 6.15. The number of hydrogen-bond donors (Lipinski definition) is 3. The van der Waals surface area contributed by atoms with Gasteiger partial charge in [-0.3, -0.25) is 0 Å². The standard InChI is InChI=1S/C22H29NO6/c1-12(13(2)24)21-18(29-21)8-15-11-27-17(20(26)19(15)25)9-16-10-23-22(28-16)14-6-4-3-5-7-14/h3-7,10,12-13,15,17-21,24-26H,8-9,11H2,1-2H3/t12-,13-,15-,17-,18-,19+,20-,21-/m0/s1. The van der Waals surface area contributed by atoms with Crippen molar-refractivity contribution in [3.8, 4) is 11.5 Å². The van der Waals surface area contributed by atoms with Gasteiger partial charge in [0.1, 0.15) is 11.9 Å². The van der Waals surface area contributed by atoms with Crippen LogP contribution in [-0.4, -0.2) is 63.5 Å². The van der Waals surface area contributed by atoms with Crippen molar-refractivity contribution >= 4 is 0 Å². The molecule has 8 atom stereocenters. The molecule has 1 aromatic heterocycles. The highest BCUT2D eigenvalue weighted by molar-refractivity contribution is 5.52. The Kier molecular flexibility index (Phi) is 6.03. The van der Waals surface area contributed by atoms with Gasteiger partial charge in [0.25, 0.3) is 0 Å². The first-order chi connectivity index (χ1) is 13.9. The van der Waals surface area contributed by atoms with Crippen LogP contribution >= 0.6 is 0 Å². The Bertz CT molecular complexity index is 794. The minimum absolute atomic E-state index is 0.00247. The average molecular weight is 403 g/mol. The lowest BCUT2D eigenvalue weighted by atomic mass is 9.86. The Labute approximate surface area is 170 Å². The molecule has 158 valence electrons. The van der Waals surface area contributed by atoms with Gasteiger partial charge in [0.15, 0.2) is 0 Å². The third kappa shape index (κ3) is 4.54. The number of epoxide rings is 1. The van der Waals surface area contributed by atoms with E-state index in [0.717, 1.165) is 5.56 Å². The van der Waals surface area contributed by atoms with Crippen molar-refractivity contribution < 1.29 is 29.2 Å². The van der Waals surface area contributed by atoms with Gasteiger partial charge in [-0.15, -0.1) is 0 Å². The van der Waals surface area contributed by atoms with Gasteiger partial charge in [-0.25, -0.2) is 4.98 Å². The second-order valence-electron chi connectivity index (χ2n) is 8.29. The van der Waals surface area contributed by atoms with Crippen LogP contribution in [-0.2, 0) is 15.9 Å². The molecule has 2 aromatic rings. The third-order valence-electron chi connectivity index (χ3n) is 6.15. The van der Waals surface area contributed by atoms with E-state index in [1.54, 1.807) is 13.1 Å². The van der Waals surface area contributed by atoms with Crippen LogP contribution in [0.15, 0.2) is 40.9 Å². The van der Waals surface area contributed by atoms with Gasteiger partial charge in [-0.05, 0) is 25.5 Å². The fourth-order valence-corrected chi connectivity index (χ4v) is 4.03. The molecule has 0 amide bonds. The SMILES string of the molecule is C[C@H]([C@@H]1O[C@H]1C[C@H]1CO[C@@H](Cc2cnc(-c3ccccc3)o2)[C@H](O)[C@@H]1O)[C@H](C)O. The lowest BCUT2D eigenvalue weighted by Gasteiger charge is -2.37. The van der Waals surface area contributed by atoms with Crippen molar-refractivity contribution in [1.29, 1.82) is 0 Å². The molecule has 7 nitrogen and oxygen atoms in total. The van der Waals surface area contributed by atoms with Crippen molar-refractivity contribution in [1.82, 2.24) is 4.98 Å². The molecule has 0 saturated carbocycles. The molecule has 7 heteroatoms. The summed E-state index contributed by atoms with van der Waals surface area (Å²) in [6.07, 6.45) is -0.309. The zero-order chi connectivity index (χ0) is 20.5. The first kappa shape index (κ1) is 20.5. The van der Waals surface area contributed by atoms with Crippen LogP contribution < -0.4 is 0 Å². The van der Waals surface area contributed by atoms with E-state index < -0.39 is 24.4 Å². The molecule has 3 N–H and O–H groups in total. The second kappa shape index (κ2) is 8.53. The highest BCUT2D eigenvalue weighted by Crippen LogP contribution is 2.38. The molecule has 3 heterocycles. The van der Waals surface area contributed by atoms with E-state index in [1.165, 1.54) is 0 Å². The van der Waals surface area contributed by atoms with E-state index in [-0.39, 0.29) is 24.0 Å². The number of benzene rings is 1. The molecule has 2 saturated heterocycles. The van der Waals surface area contributed by atoms with Gasteiger partial charge in [-0.1, -0.05) is 25.1 Å². The van der Waals surface area contributed by atoms with E-state index in [4.69, 9.17) is 13.9 Å². The van der Waals surface area contributed by atoms with Crippen molar-refractivity contribution in [3.05, 3.63) is 42.3 Å². The molecule has 0 unspecified atom stereocenters. The number of ether oxygens (including phenoxy) is 2. The molecular formula is C22H29NO6. The topological polar surface area (TPSA) is 108 Å². The lowest BCUT2D eigenvalue weighted by molar-refractivity contribution is -0.166. The van der Waals surface area contributed by atoms with Crippen LogP contribution in [0.1, 0.15) is 26.0 Å². The monoisotopic (exact) mass is 403 g/mol. The van der Waals surface area contributed by atoms with Crippen LogP contribution in [0, 0.1) is 11.8 Å². The van der Waals surface area contributed by atoms with Crippen LogP contribution in [0.5, 0.6) is 0 Å². The number of nitrogens with zero attached hydrogens (tertiary/aromatic N) is 1. The van der Waals surface area contributed by atoms with Crippen LogP contribution in [0.3, 0.4) is 0 Å². The lowest BCUT2D eigenvalue weighted by Crippen LogP contribution is -2.51. The number of hydrogen-bond acceptors (Lipinski definition) is 7. The number of aromatic nitrogens is 1. The number of aliphatic hydroxyl groups is 3. The Morgan fingerprint density at radius 3 is 2.59 bits per heavy atom. The van der Waals surface area contributed by atoms with Crippen molar-refractivity contribution in [2.75, 3.05) is 6.61 Å². The van der Waals surface area contributed by atoms with E-state index in [2.05, 4.69) is 4.98 Å². The summed E-state index contributed by atoms with van der Waals surface area (Å²) in [5, 5.41) is 30.9. The maximum atomic E-state index is 10.6. The quantitative estimate of drug-likeness (QED) is 0.605. The zero-order valence-electron chi connectivity index (χ0n) is 16.7. The summed E-state index contributed by atoms with van der Waals surface area (Å²) in [6.45, 7) is 4.05. The maximum absolute atomic E-state index is 10.6. The second-order valence-corrected chi connectivity index (χ2v) is 8.29. The molecule has 2 aliphatic heterocycles. The van der Waals surface area contributed by atoms with Crippen LogP contribution in [0.2, 0.25) is 0 Å². The fourth-order valence-electron chi connectivity index (χ4n) is 4.03. The van der Waals surface area contributed by atoms with E-state index in [9.17, 15) is 15.3 Å². The first-order valence-corrected chi connectivity index (χ1v) is 10.3. The highest BCUT2D eigenvalue weighted by atomic mass is 16.6. The maximum Gasteiger partial charge on any atom is 0.226 e. The largest absolute Gasteiger partial charge is 0.441 e. The normalized spacial score (nSPS) is 34.0. The molecule has 4 rings (SSSR count). The molecule has 0 bridgehead atoms. The van der Waals surface area contributed by atoms with Gasteiger partial charge in [-0.2, -0.15) is 0 Å². The molecule has 0 spiro atoms. The van der Waals surface area contributed by atoms with Gasteiger partial charge < -0.3 is 29.2 Å². The molecule has 29 heavy (non-hydrogen) atoms. The predicted molar refractivity (Wildman–Crippen MR) is 105 cm³/mol. The summed E-state index contributed by atoms with van der Waals surface area (Å²) in [5.41, 5.74) is 0.884. The number of rotatable bonds is 7. The number of oxazole rings is 1. The summed E-state index contributed by atoms with van der Waals surface area (Å²) < 4.78 is 17.3. The van der Waals surface area contributed by atoms with E-state index >= 15 is 0 Å². The Hall–Kier alpha value is -1.77. The Balaban J connectivity index is 1.31. The molecule has 2 aliphatic rings. The smallest absolute Gasteiger partial charge is 0.226 e. The van der Waals surface area contributed by atoms with Gasteiger partial charge >= 0.3 is 0 Å². The Morgan fingerprint density at radius 2 is 1.86 bits per heavy atom. The van der Waals surface area contributed by atoms with E-state index in [0.29, 0.717) is 31.1 Å². The highest BCUT2D eigenvalue weighted by Gasteiger charge is 2.48. The summed E-state index contributed by atoms with van der Waals surface area (Å²) >= 11 is 0. The molecule has 2 fully saturated rings. The summed E-state index contributed by atoms with van der Waals surface area (Å²) in [6, 6.07) is 9.60. The summed E-state index contributed by atoms with van der Waals surface area (Å²) in [4.78, 5) is 4.29. The molecule has 0 radical (unpaired) electrons. The number of aliphatic hydroxyl groups excluding tert-OH is 3. The first-order valence-electron chi connectivity index (χ1n) is 10.3. The van der Waals surface area contributed by atoms with Gasteiger partial charge in [0, 0.05) is 23.8 Å². The summed E-state index contributed by atoms with van der Waals surface area (Å²) in [7, 11) is 0. The van der Waals surface area contributed by atoms with Crippen LogP contribution in [0.4, 0.5) is 0 Å². The molecular weight excluding hydrogens is 374 g/mol. The van der Waals surface area contributed by atoms with Gasteiger partial charge in [0.05, 0.1) is 43.3 Å². The van der Waals surface area contributed by atoms with Gasteiger partial charge in [0.2, 0.25) is 5.89 Å². The average Bonchev–Trinajstić information content (AvgIpc) is 3.33. The predicted octanol–water partition coefficient (Wildman–Crippen LogP) is 1.80. The fraction of sp³-hybridized carbons (Fsp3) is 0.591. The Morgan fingerprint density at radius 1 is 1.10 bits per heavy atom.